The first kappa shape index (κ1) is 21.3. The Morgan fingerprint density at radius 1 is 1.10 bits per heavy atom. The van der Waals surface area contributed by atoms with E-state index in [9.17, 15) is 23.3 Å². The predicted octanol–water partition coefficient (Wildman–Crippen LogP) is 3.54. The molecule has 0 aliphatic carbocycles. The van der Waals surface area contributed by atoms with Crippen LogP contribution < -0.4 is 4.74 Å². The molecule has 0 saturated carbocycles. The molecule has 1 amide bonds. The fourth-order valence-electron chi connectivity index (χ4n) is 3.20. The average Bonchev–Trinajstić information content (AvgIpc) is 2.73. The lowest BCUT2D eigenvalue weighted by atomic mass is 10.0. The van der Waals surface area contributed by atoms with Crippen LogP contribution in [-0.4, -0.2) is 37.2 Å². The second-order valence-corrected chi connectivity index (χ2v) is 8.46. The standard InChI is InChI=1S/C21H20N2O6S/c1-15(24)22(30(27,28)20-10-7-18(8-11-20)23(25)26)13-12-17-5-3-4-16-6-9-19(29-2)14-21(16)17/h3-11,14H,12-13H2,1-2H3. The minimum atomic E-state index is -4.14. The van der Waals surface area contributed by atoms with Gasteiger partial charge in [-0.05, 0) is 47.0 Å². The summed E-state index contributed by atoms with van der Waals surface area (Å²) in [5.74, 6) is 0.0445. The zero-order valence-electron chi connectivity index (χ0n) is 16.4. The highest BCUT2D eigenvalue weighted by molar-refractivity contribution is 7.89. The van der Waals surface area contributed by atoms with Crippen molar-refractivity contribution in [2.45, 2.75) is 18.2 Å². The lowest BCUT2D eigenvalue weighted by Gasteiger charge is -2.21. The number of carbonyl (C=O) groups is 1. The molecule has 0 N–H and O–H groups in total. The van der Waals surface area contributed by atoms with Crippen LogP contribution in [0.15, 0.2) is 65.6 Å². The monoisotopic (exact) mass is 428 g/mol. The van der Waals surface area contributed by atoms with Crippen molar-refractivity contribution in [2.24, 2.45) is 0 Å². The second kappa shape index (κ2) is 8.50. The van der Waals surface area contributed by atoms with Gasteiger partial charge in [0, 0.05) is 25.6 Å². The van der Waals surface area contributed by atoms with Crippen LogP contribution in [0.1, 0.15) is 12.5 Å². The Labute approximate surface area is 173 Å². The number of hydrogen-bond acceptors (Lipinski definition) is 6. The van der Waals surface area contributed by atoms with Gasteiger partial charge in [0.25, 0.3) is 15.7 Å². The highest BCUT2D eigenvalue weighted by Crippen LogP contribution is 2.26. The largest absolute Gasteiger partial charge is 0.497 e. The van der Waals surface area contributed by atoms with E-state index >= 15 is 0 Å². The maximum atomic E-state index is 13.0. The summed E-state index contributed by atoms with van der Waals surface area (Å²) >= 11 is 0. The van der Waals surface area contributed by atoms with Crippen LogP contribution in [0, 0.1) is 10.1 Å². The molecule has 30 heavy (non-hydrogen) atoms. The number of rotatable bonds is 7. The zero-order chi connectivity index (χ0) is 21.9. The van der Waals surface area contributed by atoms with E-state index < -0.39 is 20.9 Å². The fourth-order valence-corrected chi connectivity index (χ4v) is 4.60. The average molecular weight is 428 g/mol. The Balaban J connectivity index is 1.90. The molecule has 0 aliphatic rings. The molecule has 3 aromatic rings. The molecular weight excluding hydrogens is 408 g/mol. The minimum absolute atomic E-state index is 0.0645. The SMILES string of the molecule is COc1ccc2cccc(CCN(C(C)=O)S(=O)(=O)c3ccc([N+](=O)[O-])cc3)c2c1. The fraction of sp³-hybridized carbons (Fsp3) is 0.190. The maximum absolute atomic E-state index is 13.0. The number of sulfonamides is 1. The summed E-state index contributed by atoms with van der Waals surface area (Å²) in [6.45, 7) is 1.11. The van der Waals surface area contributed by atoms with Gasteiger partial charge < -0.3 is 4.74 Å². The number of nitrogens with zero attached hydrogens (tertiary/aromatic N) is 2. The van der Waals surface area contributed by atoms with Crippen LogP contribution >= 0.6 is 0 Å². The van der Waals surface area contributed by atoms with Crippen LogP contribution in [0.5, 0.6) is 5.75 Å². The van der Waals surface area contributed by atoms with Gasteiger partial charge in [-0.1, -0.05) is 24.3 Å². The molecule has 0 aromatic heterocycles. The second-order valence-electron chi connectivity index (χ2n) is 6.60. The van der Waals surface area contributed by atoms with Gasteiger partial charge in [0.1, 0.15) is 5.75 Å². The summed E-state index contributed by atoms with van der Waals surface area (Å²) < 4.78 is 32.0. The third kappa shape index (κ3) is 4.25. The molecule has 0 bridgehead atoms. The summed E-state index contributed by atoms with van der Waals surface area (Å²) in [7, 11) is -2.58. The van der Waals surface area contributed by atoms with E-state index in [2.05, 4.69) is 0 Å². The molecule has 3 aromatic carbocycles. The maximum Gasteiger partial charge on any atom is 0.269 e. The topological polar surface area (TPSA) is 107 Å². The van der Waals surface area contributed by atoms with Crippen molar-refractivity contribution >= 4 is 32.4 Å². The molecule has 0 unspecified atom stereocenters. The van der Waals surface area contributed by atoms with E-state index in [1.807, 2.05) is 36.4 Å². The number of nitro groups is 1. The van der Waals surface area contributed by atoms with Gasteiger partial charge >= 0.3 is 0 Å². The molecular formula is C21H20N2O6S. The van der Waals surface area contributed by atoms with E-state index in [0.29, 0.717) is 12.2 Å². The van der Waals surface area contributed by atoms with Crippen molar-refractivity contribution in [1.29, 1.82) is 0 Å². The van der Waals surface area contributed by atoms with Crippen molar-refractivity contribution < 1.29 is 22.9 Å². The van der Waals surface area contributed by atoms with Crippen LogP contribution in [0.2, 0.25) is 0 Å². The minimum Gasteiger partial charge on any atom is -0.497 e. The highest BCUT2D eigenvalue weighted by Gasteiger charge is 2.27. The van der Waals surface area contributed by atoms with Gasteiger partial charge in [-0.15, -0.1) is 0 Å². The smallest absolute Gasteiger partial charge is 0.269 e. The Kier molecular flexibility index (Phi) is 6.02. The summed E-state index contributed by atoms with van der Waals surface area (Å²) in [4.78, 5) is 22.1. The Bertz CT molecular complexity index is 1210. The molecule has 9 heteroatoms. The quantitative estimate of drug-likeness (QED) is 0.421. The Hall–Kier alpha value is -3.46. The third-order valence-electron chi connectivity index (χ3n) is 4.75. The van der Waals surface area contributed by atoms with Gasteiger partial charge in [0.2, 0.25) is 5.91 Å². The molecule has 0 aliphatic heterocycles. The van der Waals surface area contributed by atoms with Crippen molar-refractivity contribution in [3.63, 3.8) is 0 Å². The van der Waals surface area contributed by atoms with E-state index in [-0.39, 0.29) is 17.1 Å². The van der Waals surface area contributed by atoms with Crippen molar-refractivity contribution in [3.05, 3.63) is 76.3 Å². The van der Waals surface area contributed by atoms with E-state index in [0.717, 1.165) is 44.9 Å². The van der Waals surface area contributed by atoms with Gasteiger partial charge in [-0.3, -0.25) is 14.9 Å². The summed E-state index contributed by atoms with van der Waals surface area (Å²) in [6, 6.07) is 15.8. The lowest BCUT2D eigenvalue weighted by Crippen LogP contribution is -2.36. The summed E-state index contributed by atoms with van der Waals surface area (Å²) in [5, 5.41) is 12.7. The van der Waals surface area contributed by atoms with Crippen molar-refractivity contribution in [3.8, 4) is 5.75 Å². The van der Waals surface area contributed by atoms with Gasteiger partial charge in [-0.2, -0.15) is 0 Å². The molecule has 8 nitrogen and oxygen atoms in total. The molecule has 0 atom stereocenters. The molecule has 0 saturated heterocycles. The summed E-state index contributed by atoms with van der Waals surface area (Å²) in [6.07, 6.45) is 0.302. The molecule has 156 valence electrons. The third-order valence-corrected chi connectivity index (χ3v) is 6.64. The van der Waals surface area contributed by atoms with Crippen molar-refractivity contribution in [1.82, 2.24) is 4.31 Å². The number of amides is 1. The first-order valence-corrected chi connectivity index (χ1v) is 10.5. The van der Waals surface area contributed by atoms with E-state index in [1.165, 1.54) is 6.92 Å². The van der Waals surface area contributed by atoms with Crippen molar-refractivity contribution in [2.75, 3.05) is 13.7 Å². The predicted molar refractivity (Wildman–Crippen MR) is 112 cm³/mol. The lowest BCUT2D eigenvalue weighted by molar-refractivity contribution is -0.384. The van der Waals surface area contributed by atoms with Crippen LogP contribution in [0.25, 0.3) is 10.8 Å². The number of hydrogen-bond donors (Lipinski definition) is 0. The Morgan fingerprint density at radius 3 is 2.40 bits per heavy atom. The van der Waals surface area contributed by atoms with E-state index in [1.54, 1.807) is 7.11 Å². The Morgan fingerprint density at radius 2 is 1.80 bits per heavy atom. The first-order valence-electron chi connectivity index (χ1n) is 9.07. The molecule has 0 radical (unpaired) electrons. The molecule has 0 spiro atoms. The molecule has 0 heterocycles. The normalized spacial score (nSPS) is 11.3. The van der Waals surface area contributed by atoms with Gasteiger partial charge in [0.15, 0.2) is 0 Å². The number of carbonyl (C=O) groups excluding carboxylic acids is 1. The number of ether oxygens (including phenoxy) is 1. The number of nitro benzene ring substituents is 1. The number of fused-ring (bicyclic) bond motifs is 1. The van der Waals surface area contributed by atoms with Crippen LogP contribution in [0.4, 0.5) is 5.69 Å². The number of methoxy groups -OCH3 is 1. The van der Waals surface area contributed by atoms with E-state index in [4.69, 9.17) is 4.74 Å². The first-order chi connectivity index (χ1) is 14.2. The van der Waals surface area contributed by atoms with Crippen LogP contribution in [0.3, 0.4) is 0 Å². The number of benzene rings is 3. The van der Waals surface area contributed by atoms with Gasteiger partial charge in [0.05, 0.1) is 16.9 Å². The van der Waals surface area contributed by atoms with Gasteiger partial charge in [-0.25, -0.2) is 12.7 Å². The zero-order valence-corrected chi connectivity index (χ0v) is 17.3. The van der Waals surface area contributed by atoms with Crippen LogP contribution in [-0.2, 0) is 21.2 Å². The highest BCUT2D eigenvalue weighted by atomic mass is 32.2. The molecule has 3 rings (SSSR count). The number of non-ortho nitro benzene ring substituents is 1. The summed E-state index contributed by atoms with van der Waals surface area (Å²) in [5.41, 5.74) is 0.643. The molecule has 0 fully saturated rings.